The van der Waals surface area contributed by atoms with E-state index < -0.39 is 5.91 Å². The highest BCUT2D eigenvalue weighted by molar-refractivity contribution is 9.10. The highest BCUT2D eigenvalue weighted by Crippen LogP contribution is 2.24. The van der Waals surface area contributed by atoms with Gasteiger partial charge in [0.1, 0.15) is 17.5 Å². The normalized spacial score (nSPS) is 11.0. The van der Waals surface area contributed by atoms with Crippen molar-refractivity contribution in [2.45, 2.75) is 6.42 Å². The number of nitrogens with one attached hydrogen (secondary N) is 1. The summed E-state index contributed by atoms with van der Waals surface area (Å²) in [5.74, 6) is -0.875. The summed E-state index contributed by atoms with van der Waals surface area (Å²) in [5.41, 5.74) is 2.30. The number of carbonyl (C=O) groups is 1. The first kappa shape index (κ1) is 20.8. The van der Waals surface area contributed by atoms with Crippen molar-refractivity contribution < 1.29 is 9.18 Å². The summed E-state index contributed by atoms with van der Waals surface area (Å²) in [4.78, 5) is 12.6. The van der Waals surface area contributed by atoms with Crippen LogP contribution < -0.4 is 5.32 Å². The SMILES string of the molecule is N#C/C(=C\c1cc(Br)ccc1Cc1ccccc1F)C(=O)Nc1ccccc1Cl. The number of para-hydroxylation sites is 1. The van der Waals surface area contributed by atoms with E-state index in [1.165, 1.54) is 12.1 Å². The van der Waals surface area contributed by atoms with E-state index in [9.17, 15) is 14.4 Å². The van der Waals surface area contributed by atoms with E-state index in [4.69, 9.17) is 11.6 Å². The van der Waals surface area contributed by atoms with E-state index in [2.05, 4.69) is 21.2 Å². The maximum absolute atomic E-state index is 14.1. The molecule has 0 atom stereocenters. The third kappa shape index (κ3) is 5.32. The molecule has 0 aliphatic carbocycles. The van der Waals surface area contributed by atoms with Crippen molar-refractivity contribution in [2.24, 2.45) is 0 Å². The number of benzene rings is 3. The highest BCUT2D eigenvalue weighted by Gasteiger charge is 2.13. The Morgan fingerprint density at radius 2 is 1.83 bits per heavy atom. The molecule has 0 spiro atoms. The van der Waals surface area contributed by atoms with Gasteiger partial charge in [0.25, 0.3) is 5.91 Å². The van der Waals surface area contributed by atoms with Crippen LogP contribution in [0.5, 0.6) is 0 Å². The van der Waals surface area contributed by atoms with E-state index in [-0.39, 0.29) is 11.4 Å². The van der Waals surface area contributed by atoms with Crippen LogP contribution in [-0.4, -0.2) is 5.91 Å². The zero-order valence-corrected chi connectivity index (χ0v) is 17.5. The molecule has 1 amide bonds. The molecule has 0 bridgehead atoms. The molecule has 3 nitrogen and oxygen atoms in total. The molecule has 144 valence electrons. The van der Waals surface area contributed by atoms with Crippen molar-refractivity contribution in [3.05, 3.63) is 104 Å². The average Bonchev–Trinajstić information content (AvgIpc) is 2.71. The van der Waals surface area contributed by atoms with Gasteiger partial charge in [0.05, 0.1) is 10.7 Å². The maximum atomic E-state index is 14.1. The fourth-order valence-electron chi connectivity index (χ4n) is 2.76. The molecule has 0 radical (unpaired) electrons. The van der Waals surface area contributed by atoms with Gasteiger partial charge in [-0.25, -0.2) is 4.39 Å². The van der Waals surface area contributed by atoms with Crippen LogP contribution in [0.2, 0.25) is 5.02 Å². The number of carbonyl (C=O) groups excluding carboxylic acids is 1. The monoisotopic (exact) mass is 468 g/mol. The van der Waals surface area contributed by atoms with Crippen molar-refractivity contribution in [3.63, 3.8) is 0 Å². The third-order valence-electron chi connectivity index (χ3n) is 4.23. The average molecular weight is 470 g/mol. The van der Waals surface area contributed by atoms with Gasteiger partial charge in [0, 0.05) is 10.9 Å². The summed E-state index contributed by atoms with van der Waals surface area (Å²) >= 11 is 9.47. The van der Waals surface area contributed by atoms with E-state index >= 15 is 0 Å². The molecule has 29 heavy (non-hydrogen) atoms. The molecule has 0 aliphatic rings. The van der Waals surface area contributed by atoms with Gasteiger partial charge in [-0.3, -0.25) is 4.79 Å². The smallest absolute Gasteiger partial charge is 0.266 e. The van der Waals surface area contributed by atoms with Crippen LogP contribution in [0.15, 0.2) is 76.8 Å². The molecular formula is C23H15BrClFN2O. The van der Waals surface area contributed by atoms with Crippen molar-refractivity contribution in [2.75, 3.05) is 5.32 Å². The molecule has 0 fully saturated rings. The van der Waals surface area contributed by atoms with Crippen LogP contribution in [0.4, 0.5) is 10.1 Å². The van der Waals surface area contributed by atoms with Gasteiger partial charge in [0.15, 0.2) is 0 Å². The van der Waals surface area contributed by atoms with Crippen LogP contribution in [0, 0.1) is 17.1 Å². The summed E-state index contributed by atoms with van der Waals surface area (Å²) < 4.78 is 14.9. The van der Waals surface area contributed by atoms with Crippen LogP contribution in [0.25, 0.3) is 6.08 Å². The third-order valence-corrected chi connectivity index (χ3v) is 5.06. The molecule has 3 rings (SSSR count). The van der Waals surface area contributed by atoms with Gasteiger partial charge in [-0.2, -0.15) is 5.26 Å². The molecule has 0 heterocycles. The Morgan fingerprint density at radius 3 is 2.55 bits per heavy atom. The number of rotatable bonds is 5. The Hall–Kier alpha value is -2.94. The minimum atomic E-state index is -0.572. The maximum Gasteiger partial charge on any atom is 0.266 e. The standard InChI is InChI=1S/C23H15BrClFN2O/c24-19-10-9-15(11-16-5-1-3-7-21(16)26)17(13-19)12-18(14-27)23(29)28-22-8-4-2-6-20(22)25/h1-10,12-13H,11H2,(H,28,29)/b18-12+. The van der Waals surface area contributed by atoms with E-state index in [0.717, 1.165) is 10.0 Å². The van der Waals surface area contributed by atoms with Crippen molar-refractivity contribution in [1.29, 1.82) is 5.26 Å². The minimum absolute atomic E-state index is 0.0854. The highest BCUT2D eigenvalue weighted by atomic mass is 79.9. The molecule has 0 aromatic heterocycles. The molecule has 0 unspecified atom stereocenters. The van der Waals surface area contributed by atoms with E-state index in [1.54, 1.807) is 48.5 Å². The Kier molecular flexibility index (Phi) is 6.82. The predicted octanol–water partition coefficient (Wildman–Crippen LogP) is 6.38. The van der Waals surface area contributed by atoms with Crippen LogP contribution in [0.1, 0.15) is 16.7 Å². The first-order chi connectivity index (χ1) is 14.0. The number of hydrogen-bond acceptors (Lipinski definition) is 2. The Balaban J connectivity index is 1.94. The molecule has 0 saturated carbocycles. The minimum Gasteiger partial charge on any atom is -0.320 e. The summed E-state index contributed by atoms with van der Waals surface area (Å²) in [6.45, 7) is 0. The number of amides is 1. The molecule has 3 aromatic rings. The summed E-state index contributed by atoms with van der Waals surface area (Å²) in [5, 5.41) is 12.5. The van der Waals surface area contributed by atoms with Gasteiger partial charge in [-0.1, -0.05) is 63.9 Å². The number of nitriles is 1. The van der Waals surface area contributed by atoms with Gasteiger partial charge in [0.2, 0.25) is 0 Å². The lowest BCUT2D eigenvalue weighted by atomic mass is 9.98. The van der Waals surface area contributed by atoms with Gasteiger partial charge >= 0.3 is 0 Å². The Bertz CT molecular complexity index is 1140. The zero-order valence-electron chi connectivity index (χ0n) is 15.1. The van der Waals surface area contributed by atoms with Gasteiger partial charge in [-0.15, -0.1) is 0 Å². The summed E-state index contributed by atoms with van der Waals surface area (Å²) in [6, 6.07) is 20.7. The summed E-state index contributed by atoms with van der Waals surface area (Å²) in [7, 11) is 0. The number of halogens is 3. The van der Waals surface area contributed by atoms with E-state index in [0.29, 0.717) is 28.3 Å². The fourth-order valence-corrected chi connectivity index (χ4v) is 3.33. The molecule has 3 aromatic carbocycles. The first-order valence-electron chi connectivity index (χ1n) is 8.67. The molecule has 0 aliphatic heterocycles. The van der Waals surface area contributed by atoms with E-state index in [1.807, 2.05) is 18.2 Å². The second-order valence-electron chi connectivity index (χ2n) is 6.22. The number of nitrogens with zero attached hydrogens (tertiary/aromatic N) is 1. The zero-order chi connectivity index (χ0) is 20.8. The van der Waals surface area contributed by atoms with Gasteiger partial charge < -0.3 is 5.32 Å². The lowest BCUT2D eigenvalue weighted by Crippen LogP contribution is -2.13. The number of hydrogen-bond donors (Lipinski definition) is 1. The van der Waals surface area contributed by atoms with Gasteiger partial charge in [-0.05, 0) is 53.1 Å². The van der Waals surface area contributed by atoms with Crippen molar-refractivity contribution in [3.8, 4) is 6.07 Å². The van der Waals surface area contributed by atoms with Crippen molar-refractivity contribution in [1.82, 2.24) is 0 Å². The summed E-state index contributed by atoms with van der Waals surface area (Å²) in [6.07, 6.45) is 1.82. The Morgan fingerprint density at radius 1 is 1.10 bits per heavy atom. The second-order valence-corrected chi connectivity index (χ2v) is 7.54. The van der Waals surface area contributed by atoms with Crippen molar-refractivity contribution >= 4 is 45.2 Å². The topological polar surface area (TPSA) is 52.9 Å². The van der Waals surface area contributed by atoms with Crippen LogP contribution >= 0.6 is 27.5 Å². The predicted molar refractivity (Wildman–Crippen MR) is 117 cm³/mol. The lowest BCUT2D eigenvalue weighted by Gasteiger charge is -2.10. The lowest BCUT2D eigenvalue weighted by molar-refractivity contribution is -0.112. The van der Waals surface area contributed by atoms with Crippen LogP contribution in [0.3, 0.4) is 0 Å². The quantitative estimate of drug-likeness (QED) is 0.348. The molecule has 6 heteroatoms. The number of anilines is 1. The first-order valence-corrected chi connectivity index (χ1v) is 9.84. The molecule has 1 N–H and O–H groups in total. The second kappa shape index (κ2) is 9.51. The molecule has 0 saturated heterocycles. The van der Waals surface area contributed by atoms with Crippen LogP contribution in [-0.2, 0) is 11.2 Å². The molecular weight excluding hydrogens is 455 g/mol. The Labute approximate surface area is 181 Å². The largest absolute Gasteiger partial charge is 0.320 e. The fraction of sp³-hybridized carbons (Fsp3) is 0.0435.